The molecule has 0 heterocycles. The van der Waals surface area contributed by atoms with Gasteiger partial charge in [-0.2, -0.15) is 0 Å². The average Bonchev–Trinajstić information content (AvgIpc) is 2.45. The zero-order valence-electron chi connectivity index (χ0n) is 12.9. The quantitative estimate of drug-likeness (QED) is 0.658. The number of nitrogens with one attached hydrogen (secondary N) is 1. The summed E-state index contributed by atoms with van der Waals surface area (Å²) < 4.78 is 9.21. The number of anilines is 2. The molecular weight excluding hydrogens is 272 g/mol. The molecule has 0 radical (unpaired) electrons. The summed E-state index contributed by atoms with van der Waals surface area (Å²) in [6, 6.07) is 5.76. The van der Waals surface area contributed by atoms with Crippen LogP contribution in [0, 0.1) is 6.92 Å². The third kappa shape index (κ3) is 4.52. The smallest absolute Gasteiger partial charge is 0.354 e. The highest BCUT2D eigenvalue weighted by Gasteiger charge is 2.15. The molecule has 1 aromatic rings. The van der Waals surface area contributed by atoms with Crippen molar-refractivity contribution in [2.75, 3.05) is 38.5 Å². The lowest BCUT2D eigenvalue weighted by atomic mass is 10.1. The zero-order chi connectivity index (χ0) is 16.0. The SMILES string of the molecule is COC(=O)/C=C(/Nc1cc(C)ccc1N(C)C)C(=O)OC. The molecule has 0 saturated heterocycles. The second-order valence-corrected chi connectivity index (χ2v) is 4.61. The number of aryl methyl sites for hydroxylation is 1. The van der Waals surface area contributed by atoms with Gasteiger partial charge in [0.15, 0.2) is 0 Å². The van der Waals surface area contributed by atoms with Crippen LogP contribution in [0.2, 0.25) is 0 Å². The Morgan fingerprint density at radius 1 is 1.19 bits per heavy atom. The summed E-state index contributed by atoms with van der Waals surface area (Å²) in [5, 5.41) is 2.93. The highest BCUT2D eigenvalue weighted by atomic mass is 16.5. The number of ether oxygens (including phenoxy) is 2. The van der Waals surface area contributed by atoms with Gasteiger partial charge in [-0.05, 0) is 24.6 Å². The van der Waals surface area contributed by atoms with Crippen molar-refractivity contribution in [3.8, 4) is 0 Å². The third-order valence-electron chi connectivity index (χ3n) is 2.77. The molecule has 0 aromatic heterocycles. The van der Waals surface area contributed by atoms with E-state index in [1.54, 1.807) is 0 Å². The molecule has 0 aliphatic rings. The maximum absolute atomic E-state index is 11.8. The van der Waals surface area contributed by atoms with Crippen molar-refractivity contribution in [1.29, 1.82) is 0 Å². The maximum Gasteiger partial charge on any atom is 0.354 e. The largest absolute Gasteiger partial charge is 0.466 e. The van der Waals surface area contributed by atoms with Gasteiger partial charge in [-0.3, -0.25) is 0 Å². The minimum atomic E-state index is -0.647. The first-order chi connectivity index (χ1) is 9.88. The van der Waals surface area contributed by atoms with Crippen LogP contribution >= 0.6 is 0 Å². The molecule has 0 amide bonds. The first-order valence-electron chi connectivity index (χ1n) is 6.32. The zero-order valence-corrected chi connectivity index (χ0v) is 12.9. The summed E-state index contributed by atoms with van der Waals surface area (Å²) in [7, 11) is 6.26. The first kappa shape index (κ1) is 16.6. The van der Waals surface area contributed by atoms with Gasteiger partial charge in [0, 0.05) is 14.1 Å². The van der Waals surface area contributed by atoms with Gasteiger partial charge in [-0.1, -0.05) is 6.07 Å². The Morgan fingerprint density at radius 2 is 1.86 bits per heavy atom. The van der Waals surface area contributed by atoms with Crippen LogP contribution in [0.5, 0.6) is 0 Å². The lowest BCUT2D eigenvalue weighted by Crippen LogP contribution is -2.18. The fraction of sp³-hybridized carbons (Fsp3) is 0.333. The van der Waals surface area contributed by atoms with Gasteiger partial charge in [0.05, 0.1) is 31.7 Å². The number of carbonyl (C=O) groups is 2. The monoisotopic (exact) mass is 292 g/mol. The second-order valence-electron chi connectivity index (χ2n) is 4.61. The normalized spacial score (nSPS) is 10.8. The Hall–Kier alpha value is -2.50. The summed E-state index contributed by atoms with van der Waals surface area (Å²) in [5.74, 6) is -1.28. The van der Waals surface area contributed by atoms with Gasteiger partial charge >= 0.3 is 11.9 Å². The molecule has 0 aliphatic carbocycles. The minimum absolute atomic E-state index is 0.0121. The molecule has 0 aliphatic heterocycles. The van der Waals surface area contributed by atoms with Crippen LogP contribution in [0.1, 0.15) is 5.56 Å². The van der Waals surface area contributed by atoms with E-state index in [1.807, 2.05) is 44.1 Å². The van der Waals surface area contributed by atoms with E-state index in [1.165, 1.54) is 14.2 Å². The molecule has 0 spiro atoms. The number of hydrogen-bond acceptors (Lipinski definition) is 6. The van der Waals surface area contributed by atoms with Crippen molar-refractivity contribution in [3.63, 3.8) is 0 Å². The lowest BCUT2D eigenvalue weighted by molar-refractivity contribution is -0.138. The van der Waals surface area contributed by atoms with E-state index in [2.05, 4.69) is 14.8 Å². The molecule has 1 rings (SSSR count). The van der Waals surface area contributed by atoms with Gasteiger partial charge in [0.25, 0.3) is 0 Å². The number of carbonyl (C=O) groups excluding carboxylic acids is 2. The van der Waals surface area contributed by atoms with Crippen LogP contribution < -0.4 is 10.2 Å². The van der Waals surface area contributed by atoms with Crippen LogP contribution in [0.4, 0.5) is 11.4 Å². The van der Waals surface area contributed by atoms with E-state index in [4.69, 9.17) is 0 Å². The molecule has 0 bridgehead atoms. The molecule has 114 valence electrons. The van der Waals surface area contributed by atoms with Crippen LogP contribution in [0.25, 0.3) is 0 Å². The molecule has 6 nitrogen and oxygen atoms in total. The number of hydrogen-bond donors (Lipinski definition) is 1. The van der Waals surface area contributed by atoms with E-state index in [-0.39, 0.29) is 5.70 Å². The molecule has 1 aromatic carbocycles. The van der Waals surface area contributed by atoms with Gasteiger partial charge in [-0.15, -0.1) is 0 Å². The van der Waals surface area contributed by atoms with E-state index in [0.717, 1.165) is 17.3 Å². The first-order valence-corrected chi connectivity index (χ1v) is 6.32. The minimum Gasteiger partial charge on any atom is -0.466 e. The molecule has 0 fully saturated rings. The number of nitrogens with zero attached hydrogens (tertiary/aromatic N) is 1. The van der Waals surface area contributed by atoms with Gasteiger partial charge < -0.3 is 19.7 Å². The Bertz CT molecular complexity index is 565. The summed E-state index contributed by atoms with van der Waals surface area (Å²) in [6.07, 6.45) is 1.06. The van der Waals surface area contributed by atoms with Crippen molar-refractivity contribution < 1.29 is 19.1 Å². The number of esters is 2. The highest BCUT2D eigenvalue weighted by Crippen LogP contribution is 2.26. The average molecular weight is 292 g/mol. The fourth-order valence-corrected chi connectivity index (χ4v) is 1.72. The number of methoxy groups -OCH3 is 2. The molecule has 1 N–H and O–H groups in total. The van der Waals surface area contributed by atoms with Crippen molar-refractivity contribution >= 4 is 23.3 Å². The number of rotatable bonds is 5. The van der Waals surface area contributed by atoms with E-state index in [0.29, 0.717) is 5.69 Å². The molecule has 6 heteroatoms. The fourth-order valence-electron chi connectivity index (χ4n) is 1.72. The summed E-state index contributed by atoms with van der Waals surface area (Å²) in [6.45, 7) is 1.94. The standard InChI is InChI=1S/C15H20N2O4/c1-10-6-7-13(17(2)3)11(8-10)16-12(15(19)21-5)9-14(18)20-4/h6-9,16H,1-5H3/b12-9+. The predicted molar refractivity (Wildman–Crippen MR) is 81.2 cm³/mol. The molecule has 21 heavy (non-hydrogen) atoms. The molecule has 0 saturated carbocycles. The molecular formula is C15H20N2O4. The van der Waals surface area contributed by atoms with Crippen molar-refractivity contribution in [2.24, 2.45) is 0 Å². The van der Waals surface area contributed by atoms with Crippen molar-refractivity contribution in [2.45, 2.75) is 6.92 Å². The van der Waals surface area contributed by atoms with Gasteiger partial charge in [-0.25, -0.2) is 9.59 Å². The topological polar surface area (TPSA) is 67.9 Å². The second kappa shape index (κ2) is 7.33. The third-order valence-corrected chi connectivity index (χ3v) is 2.77. The predicted octanol–water partition coefficient (Wildman–Crippen LogP) is 1.70. The van der Waals surface area contributed by atoms with Crippen molar-refractivity contribution in [1.82, 2.24) is 0 Å². The Labute approximate surface area is 124 Å². The Kier molecular flexibility index (Phi) is 5.78. The van der Waals surface area contributed by atoms with Gasteiger partial charge in [0.2, 0.25) is 0 Å². The summed E-state index contributed by atoms with van der Waals surface area (Å²) >= 11 is 0. The summed E-state index contributed by atoms with van der Waals surface area (Å²) in [5.41, 5.74) is 2.60. The van der Waals surface area contributed by atoms with Crippen LogP contribution in [0.15, 0.2) is 30.0 Å². The molecule has 0 atom stereocenters. The van der Waals surface area contributed by atoms with Crippen molar-refractivity contribution in [3.05, 3.63) is 35.5 Å². The van der Waals surface area contributed by atoms with Crippen LogP contribution in [-0.2, 0) is 19.1 Å². The van der Waals surface area contributed by atoms with E-state index in [9.17, 15) is 9.59 Å². The Morgan fingerprint density at radius 3 is 2.38 bits per heavy atom. The maximum atomic E-state index is 11.8. The highest BCUT2D eigenvalue weighted by molar-refractivity contribution is 5.99. The van der Waals surface area contributed by atoms with Crippen LogP contribution in [-0.4, -0.2) is 40.3 Å². The summed E-state index contributed by atoms with van der Waals surface area (Å²) in [4.78, 5) is 25.0. The van der Waals surface area contributed by atoms with Gasteiger partial charge in [0.1, 0.15) is 5.70 Å². The number of benzene rings is 1. The molecule has 0 unspecified atom stereocenters. The van der Waals surface area contributed by atoms with E-state index >= 15 is 0 Å². The van der Waals surface area contributed by atoms with E-state index < -0.39 is 11.9 Å². The lowest BCUT2D eigenvalue weighted by Gasteiger charge is -2.19. The van der Waals surface area contributed by atoms with Crippen LogP contribution in [0.3, 0.4) is 0 Å². The Balaban J connectivity index is 3.20.